The van der Waals surface area contributed by atoms with Crippen LogP contribution in [0.4, 0.5) is 0 Å². The van der Waals surface area contributed by atoms with E-state index in [1.54, 1.807) is 6.08 Å². The van der Waals surface area contributed by atoms with Crippen molar-refractivity contribution in [3.8, 4) is 0 Å². The minimum absolute atomic E-state index is 0.167. The molecule has 0 bridgehead atoms. The molecule has 0 amide bonds. The molecular weight excluding hydrogens is 408 g/mol. The fourth-order valence-corrected chi connectivity index (χ4v) is 5.30. The largest absolute Gasteiger partial charge is 0.459 e. The normalized spacial score (nSPS) is 31.7. The third kappa shape index (κ3) is 4.01. The first-order chi connectivity index (χ1) is 15.2. The SMILES string of the molecule is C=C1C(=O)O[C@@H]2C3=C(C)[C@@H](OC(=O)/C=C/c4ccccc4)CC3[C@](C)(OC(C)=O)CC[C@@H]12. The van der Waals surface area contributed by atoms with Gasteiger partial charge in [-0.2, -0.15) is 0 Å². The summed E-state index contributed by atoms with van der Waals surface area (Å²) in [5, 5.41) is 0. The Morgan fingerprint density at radius 2 is 1.97 bits per heavy atom. The van der Waals surface area contributed by atoms with Crippen molar-refractivity contribution in [1.82, 2.24) is 0 Å². The Morgan fingerprint density at radius 3 is 2.66 bits per heavy atom. The molecule has 32 heavy (non-hydrogen) atoms. The number of fused-ring (bicyclic) bond motifs is 3. The van der Waals surface area contributed by atoms with Crippen molar-refractivity contribution < 1.29 is 28.6 Å². The van der Waals surface area contributed by atoms with Gasteiger partial charge in [0.25, 0.3) is 0 Å². The Labute approximate surface area is 187 Å². The Hall–Kier alpha value is -3.15. The summed E-state index contributed by atoms with van der Waals surface area (Å²) in [6.07, 6.45) is 3.86. The predicted molar refractivity (Wildman–Crippen MR) is 118 cm³/mol. The van der Waals surface area contributed by atoms with Crippen molar-refractivity contribution in [2.24, 2.45) is 11.8 Å². The second kappa shape index (κ2) is 8.41. The Kier molecular flexibility index (Phi) is 5.80. The van der Waals surface area contributed by atoms with Gasteiger partial charge in [0.05, 0.1) is 0 Å². The second-order valence-corrected chi connectivity index (χ2v) is 9.00. The van der Waals surface area contributed by atoms with Crippen LogP contribution in [0.3, 0.4) is 0 Å². The quantitative estimate of drug-likeness (QED) is 0.305. The lowest BCUT2D eigenvalue weighted by Gasteiger charge is -2.35. The van der Waals surface area contributed by atoms with Gasteiger partial charge < -0.3 is 14.2 Å². The molecule has 1 aliphatic heterocycles. The summed E-state index contributed by atoms with van der Waals surface area (Å²) >= 11 is 0. The summed E-state index contributed by atoms with van der Waals surface area (Å²) < 4.78 is 17.3. The van der Waals surface area contributed by atoms with E-state index in [9.17, 15) is 14.4 Å². The molecule has 6 nitrogen and oxygen atoms in total. The molecule has 1 aromatic rings. The number of hydrogen-bond donors (Lipinski definition) is 0. The highest BCUT2D eigenvalue weighted by Gasteiger charge is 2.56. The van der Waals surface area contributed by atoms with E-state index in [4.69, 9.17) is 14.2 Å². The second-order valence-electron chi connectivity index (χ2n) is 9.00. The van der Waals surface area contributed by atoms with Crippen LogP contribution in [0.25, 0.3) is 6.08 Å². The molecular formula is C26H28O6. The standard InChI is InChI=1S/C26H28O6/c1-15-19-12-13-26(4,32-17(3)27)20-14-21(16(2)23(20)24(19)31-25(15)29)30-22(28)11-10-18-8-6-5-7-9-18/h5-11,19-21,24H,1,12-14H2,2-4H3/b11-10+/t19-,20?,21-,24-,26+/m0/s1. The molecule has 3 aliphatic rings. The van der Waals surface area contributed by atoms with Gasteiger partial charge in [-0.1, -0.05) is 36.9 Å². The van der Waals surface area contributed by atoms with Crippen LogP contribution in [0.5, 0.6) is 0 Å². The molecule has 6 heteroatoms. The Morgan fingerprint density at radius 1 is 1.25 bits per heavy atom. The lowest BCUT2D eigenvalue weighted by Crippen LogP contribution is -2.40. The van der Waals surface area contributed by atoms with Crippen LogP contribution in [0.15, 0.2) is 59.7 Å². The summed E-state index contributed by atoms with van der Waals surface area (Å²) in [5.41, 5.74) is 2.33. The van der Waals surface area contributed by atoms with Crippen LogP contribution in [-0.4, -0.2) is 35.7 Å². The number of carbonyl (C=O) groups excluding carboxylic acids is 3. The first kappa shape index (κ1) is 22.1. The number of ether oxygens (including phenoxy) is 3. The maximum absolute atomic E-state index is 12.5. The van der Waals surface area contributed by atoms with E-state index in [1.807, 2.05) is 44.2 Å². The van der Waals surface area contributed by atoms with Crippen LogP contribution in [0.1, 0.15) is 45.6 Å². The third-order valence-corrected chi connectivity index (χ3v) is 6.91. The van der Waals surface area contributed by atoms with Crippen molar-refractivity contribution >= 4 is 24.0 Å². The van der Waals surface area contributed by atoms with E-state index in [0.29, 0.717) is 24.8 Å². The zero-order valence-electron chi connectivity index (χ0n) is 18.6. The number of rotatable bonds is 4. The highest BCUT2D eigenvalue weighted by atomic mass is 16.6. The Balaban J connectivity index is 1.62. The lowest BCUT2D eigenvalue weighted by molar-refractivity contribution is -0.162. The molecule has 2 fully saturated rings. The smallest absolute Gasteiger partial charge is 0.334 e. The molecule has 0 aromatic heterocycles. The minimum atomic E-state index is -0.777. The number of carbonyl (C=O) groups is 3. The van der Waals surface area contributed by atoms with Crippen molar-refractivity contribution in [1.29, 1.82) is 0 Å². The van der Waals surface area contributed by atoms with E-state index in [-0.39, 0.29) is 23.8 Å². The van der Waals surface area contributed by atoms with Gasteiger partial charge in [0.15, 0.2) is 0 Å². The molecule has 1 heterocycles. The highest BCUT2D eigenvalue weighted by Crippen LogP contribution is 2.53. The molecule has 1 saturated carbocycles. The maximum atomic E-state index is 12.5. The van der Waals surface area contributed by atoms with Gasteiger partial charge >= 0.3 is 17.9 Å². The minimum Gasteiger partial charge on any atom is -0.459 e. The van der Waals surface area contributed by atoms with E-state index in [2.05, 4.69) is 6.58 Å². The predicted octanol–water partition coefficient (Wildman–Crippen LogP) is 4.16. The topological polar surface area (TPSA) is 78.9 Å². The number of benzene rings is 1. The third-order valence-electron chi connectivity index (χ3n) is 6.91. The van der Waals surface area contributed by atoms with Crippen molar-refractivity contribution in [3.63, 3.8) is 0 Å². The van der Waals surface area contributed by atoms with Crippen LogP contribution in [0, 0.1) is 11.8 Å². The molecule has 4 rings (SSSR count). The average Bonchev–Trinajstić information content (AvgIpc) is 3.17. The number of esters is 3. The first-order valence-corrected chi connectivity index (χ1v) is 10.9. The van der Waals surface area contributed by atoms with E-state index in [1.165, 1.54) is 13.0 Å². The first-order valence-electron chi connectivity index (χ1n) is 10.9. The fraction of sp³-hybridized carbons (Fsp3) is 0.423. The van der Waals surface area contributed by atoms with Gasteiger partial charge in [0.2, 0.25) is 0 Å². The zero-order valence-corrected chi connectivity index (χ0v) is 18.6. The summed E-state index contributed by atoms with van der Waals surface area (Å²) in [5.74, 6) is -1.58. The molecule has 168 valence electrons. The van der Waals surface area contributed by atoms with E-state index in [0.717, 1.165) is 16.7 Å². The van der Waals surface area contributed by atoms with Crippen LogP contribution in [-0.2, 0) is 28.6 Å². The van der Waals surface area contributed by atoms with Gasteiger partial charge in [-0.15, -0.1) is 0 Å². The fourth-order valence-electron chi connectivity index (χ4n) is 5.30. The maximum Gasteiger partial charge on any atom is 0.334 e. The molecule has 5 atom stereocenters. The van der Waals surface area contributed by atoms with E-state index < -0.39 is 23.8 Å². The van der Waals surface area contributed by atoms with Gasteiger partial charge in [-0.05, 0) is 55.9 Å². The van der Waals surface area contributed by atoms with Crippen LogP contribution in [0.2, 0.25) is 0 Å². The molecule has 0 spiro atoms. The number of hydrogen-bond acceptors (Lipinski definition) is 6. The van der Waals surface area contributed by atoms with Crippen molar-refractivity contribution in [2.75, 3.05) is 0 Å². The Bertz CT molecular complexity index is 1020. The van der Waals surface area contributed by atoms with E-state index >= 15 is 0 Å². The molecule has 0 radical (unpaired) electrons. The van der Waals surface area contributed by atoms with Crippen LogP contribution < -0.4 is 0 Å². The molecule has 2 aliphatic carbocycles. The van der Waals surface area contributed by atoms with Gasteiger partial charge in [-0.3, -0.25) is 4.79 Å². The molecule has 1 saturated heterocycles. The zero-order chi connectivity index (χ0) is 23.0. The van der Waals surface area contributed by atoms with Gasteiger partial charge in [-0.25, -0.2) is 9.59 Å². The summed E-state index contributed by atoms with van der Waals surface area (Å²) in [6.45, 7) is 9.14. The molecule has 0 N–H and O–H groups in total. The van der Waals surface area contributed by atoms with Crippen molar-refractivity contribution in [2.45, 2.75) is 57.8 Å². The van der Waals surface area contributed by atoms with Crippen molar-refractivity contribution in [3.05, 3.63) is 65.3 Å². The summed E-state index contributed by atoms with van der Waals surface area (Å²) in [6, 6.07) is 9.50. The molecule has 1 aromatic carbocycles. The van der Waals surface area contributed by atoms with Gasteiger partial charge in [0.1, 0.15) is 17.8 Å². The van der Waals surface area contributed by atoms with Crippen LogP contribution >= 0.6 is 0 Å². The average molecular weight is 437 g/mol. The molecule has 1 unspecified atom stereocenters. The monoisotopic (exact) mass is 436 g/mol. The summed E-state index contributed by atoms with van der Waals surface area (Å²) in [4.78, 5) is 36.7. The highest BCUT2D eigenvalue weighted by molar-refractivity contribution is 5.91. The summed E-state index contributed by atoms with van der Waals surface area (Å²) in [7, 11) is 0. The lowest BCUT2D eigenvalue weighted by atomic mass is 9.81. The van der Waals surface area contributed by atoms with Gasteiger partial charge in [0, 0.05) is 30.4 Å².